The topological polar surface area (TPSA) is 157 Å². The molecule has 11 nitrogen and oxygen atoms in total. The van der Waals surface area contributed by atoms with Crippen LogP contribution in [0.15, 0.2) is 60.8 Å². The number of alkyl halides is 3. The van der Waals surface area contributed by atoms with Crippen LogP contribution in [0.2, 0.25) is 0 Å². The van der Waals surface area contributed by atoms with E-state index in [0.29, 0.717) is 11.3 Å². The molecule has 1 atom stereocenters. The van der Waals surface area contributed by atoms with Crippen LogP contribution in [-0.4, -0.2) is 61.2 Å². The number of ether oxygens (including phenoxy) is 1. The summed E-state index contributed by atoms with van der Waals surface area (Å²) >= 11 is 0. The first-order valence-electron chi connectivity index (χ1n) is 13.2. The van der Waals surface area contributed by atoms with Crippen LogP contribution in [0.3, 0.4) is 0 Å². The minimum Gasteiger partial charge on any atom is -0.485 e. The van der Waals surface area contributed by atoms with E-state index < -0.39 is 48.4 Å². The van der Waals surface area contributed by atoms with Crippen LogP contribution >= 0.6 is 0 Å². The van der Waals surface area contributed by atoms with Crippen LogP contribution in [-0.2, 0) is 17.9 Å². The number of aryl methyl sites for hydroxylation is 2. The molecule has 2 aromatic heterocycles. The smallest absolute Gasteiger partial charge is 0.485 e. The number of amides is 2. The van der Waals surface area contributed by atoms with Crippen LogP contribution < -0.4 is 10.1 Å². The van der Waals surface area contributed by atoms with Gasteiger partial charge in [-0.05, 0) is 43.2 Å². The van der Waals surface area contributed by atoms with Crippen LogP contribution in [0.4, 0.5) is 26.7 Å². The van der Waals surface area contributed by atoms with E-state index >= 15 is 0 Å². The lowest BCUT2D eigenvalue weighted by molar-refractivity contribution is -0.192. The number of carboxylic acid groups (broad SMARTS) is 2. The summed E-state index contributed by atoms with van der Waals surface area (Å²) in [5.74, 6) is -4.69. The molecule has 0 spiro atoms. The lowest BCUT2D eigenvalue weighted by atomic mass is 10.2. The van der Waals surface area contributed by atoms with Gasteiger partial charge in [0.15, 0.2) is 11.4 Å². The van der Waals surface area contributed by atoms with E-state index in [-0.39, 0.29) is 35.7 Å². The van der Waals surface area contributed by atoms with Gasteiger partial charge in [0, 0.05) is 12.7 Å². The summed E-state index contributed by atoms with van der Waals surface area (Å²) in [5.41, 5.74) is 1.84. The van der Waals surface area contributed by atoms with E-state index in [9.17, 15) is 41.9 Å². The number of halogens is 5. The van der Waals surface area contributed by atoms with Gasteiger partial charge in [0.05, 0.1) is 23.9 Å². The quantitative estimate of drug-likeness (QED) is 0.208. The zero-order valence-corrected chi connectivity index (χ0v) is 24.2. The Morgan fingerprint density at radius 1 is 1.07 bits per heavy atom. The van der Waals surface area contributed by atoms with Crippen molar-refractivity contribution in [3.63, 3.8) is 0 Å². The Balaban J connectivity index is 0.000000738. The van der Waals surface area contributed by atoms with Crippen molar-refractivity contribution in [3.8, 4) is 11.8 Å². The van der Waals surface area contributed by atoms with E-state index in [2.05, 4.69) is 10.3 Å². The number of hydrogen-bond acceptors (Lipinski definition) is 6. The summed E-state index contributed by atoms with van der Waals surface area (Å²) in [4.78, 5) is 39.4. The first-order chi connectivity index (χ1) is 21.6. The molecule has 0 saturated heterocycles. The summed E-state index contributed by atoms with van der Waals surface area (Å²) in [7, 11) is 0. The maximum atomic E-state index is 14.1. The van der Waals surface area contributed by atoms with Gasteiger partial charge < -0.3 is 25.2 Å². The minimum atomic E-state index is -5.08. The highest BCUT2D eigenvalue weighted by molar-refractivity contribution is 5.95. The number of benzene rings is 2. The van der Waals surface area contributed by atoms with Crippen LogP contribution in [0, 0.1) is 36.8 Å². The van der Waals surface area contributed by atoms with Crippen LogP contribution in [0.5, 0.6) is 5.75 Å². The third-order valence-electron chi connectivity index (χ3n) is 6.24. The van der Waals surface area contributed by atoms with Crippen molar-refractivity contribution in [3.05, 3.63) is 101 Å². The van der Waals surface area contributed by atoms with Gasteiger partial charge >= 0.3 is 18.2 Å². The van der Waals surface area contributed by atoms with Crippen molar-refractivity contribution in [2.24, 2.45) is 0 Å². The number of aromatic nitrogens is 2. The number of nitrogens with one attached hydrogen (secondary N) is 1. The van der Waals surface area contributed by atoms with Crippen molar-refractivity contribution in [1.82, 2.24) is 19.6 Å². The summed E-state index contributed by atoms with van der Waals surface area (Å²) < 4.78 is 67.1. The molecule has 4 aromatic rings. The second-order valence-corrected chi connectivity index (χ2v) is 9.72. The standard InChI is InChI=1S/C28H25F2N5O4.C2HF3O2/c1-17-11-24(39-16-21-22(29)9-6-10-23(21)30)26-32-18(2)25(35(26)13-17)27(36)33-20(12-31)15-34(28(37)38)14-19-7-4-3-5-8-19;3-2(4,5)1(6)7/h3-11,13,20H,14-16H2,1-2H3,(H,33,36)(H,37,38);(H,6,7). The van der Waals surface area contributed by atoms with Crippen molar-refractivity contribution in [2.75, 3.05) is 6.54 Å². The number of fused-ring (bicyclic) bond motifs is 1. The number of carboxylic acids is 1. The summed E-state index contributed by atoms with van der Waals surface area (Å²) in [5, 5.41) is 29.0. The Morgan fingerprint density at radius 3 is 2.22 bits per heavy atom. The highest BCUT2D eigenvalue weighted by atomic mass is 19.4. The molecule has 242 valence electrons. The molecule has 2 amide bonds. The second kappa shape index (κ2) is 14.8. The fourth-order valence-corrected chi connectivity index (χ4v) is 4.14. The van der Waals surface area contributed by atoms with E-state index in [0.717, 1.165) is 22.6 Å². The molecule has 16 heteroatoms. The van der Waals surface area contributed by atoms with Gasteiger partial charge in [0.2, 0.25) is 0 Å². The number of pyridine rings is 1. The average Bonchev–Trinajstić information content (AvgIpc) is 3.31. The van der Waals surface area contributed by atoms with Crippen molar-refractivity contribution < 1.29 is 51.3 Å². The largest absolute Gasteiger partial charge is 0.490 e. The molecule has 1 unspecified atom stereocenters. The Hall–Kier alpha value is -5.72. The van der Waals surface area contributed by atoms with Crippen LogP contribution in [0.1, 0.15) is 32.9 Å². The number of rotatable bonds is 9. The van der Waals surface area contributed by atoms with Gasteiger partial charge in [-0.25, -0.2) is 23.4 Å². The van der Waals surface area contributed by atoms with Gasteiger partial charge in [-0.15, -0.1) is 0 Å². The fourth-order valence-electron chi connectivity index (χ4n) is 4.14. The van der Waals surface area contributed by atoms with Crippen molar-refractivity contribution in [1.29, 1.82) is 5.26 Å². The van der Waals surface area contributed by atoms with Gasteiger partial charge in [0.1, 0.15) is 30.0 Å². The third kappa shape index (κ3) is 8.91. The van der Waals surface area contributed by atoms with Gasteiger partial charge in [-0.1, -0.05) is 36.4 Å². The predicted octanol–water partition coefficient (Wildman–Crippen LogP) is 5.24. The van der Waals surface area contributed by atoms with Crippen LogP contribution in [0.25, 0.3) is 5.65 Å². The summed E-state index contributed by atoms with van der Waals surface area (Å²) in [6, 6.07) is 14.8. The Labute approximate surface area is 258 Å². The molecular weight excluding hydrogens is 621 g/mol. The number of imidazole rings is 1. The van der Waals surface area contributed by atoms with E-state index in [1.54, 1.807) is 50.4 Å². The summed E-state index contributed by atoms with van der Waals surface area (Å²) in [6.07, 6.45) is -4.68. The maximum absolute atomic E-state index is 14.1. The molecule has 0 bridgehead atoms. The fraction of sp³-hybridized carbons (Fsp3) is 0.233. The predicted molar refractivity (Wildman–Crippen MR) is 151 cm³/mol. The molecular formula is C30H26F5N5O6. The molecule has 0 aliphatic rings. The van der Waals surface area contributed by atoms with E-state index in [4.69, 9.17) is 14.6 Å². The monoisotopic (exact) mass is 647 g/mol. The first-order valence-corrected chi connectivity index (χ1v) is 13.2. The lowest BCUT2D eigenvalue weighted by Crippen LogP contribution is -2.44. The number of nitrogens with zero attached hydrogens (tertiary/aromatic N) is 4. The highest BCUT2D eigenvalue weighted by Crippen LogP contribution is 2.26. The molecule has 0 aliphatic carbocycles. The molecule has 2 heterocycles. The molecule has 0 aliphatic heterocycles. The zero-order chi connectivity index (χ0) is 34.2. The molecule has 2 aromatic carbocycles. The first kappa shape index (κ1) is 34.8. The summed E-state index contributed by atoms with van der Waals surface area (Å²) in [6.45, 7) is 2.73. The lowest BCUT2D eigenvalue weighted by Gasteiger charge is -2.22. The number of nitriles is 1. The highest BCUT2D eigenvalue weighted by Gasteiger charge is 2.38. The average molecular weight is 648 g/mol. The Morgan fingerprint density at radius 2 is 1.67 bits per heavy atom. The van der Waals surface area contributed by atoms with E-state index in [1.807, 2.05) is 12.1 Å². The van der Waals surface area contributed by atoms with E-state index in [1.165, 1.54) is 10.5 Å². The van der Waals surface area contributed by atoms with Gasteiger partial charge in [-0.2, -0.15) is 18.4 Å². The number of carbonyl (C=O) groups excluding carboxylic acids is 1. The molecule has 3 N–H and O–H groups in total. The molecule has 46 heavy (non-hydrogen) atoms. The Bertz CT molecular complexity index is 1750. The van der Waals surface area contributed by atoms with Crippen molar-refractivity contribution >= 4 is 23.6 Å². The van der Waals surface area contributed by atoms with Gasteiger partial charge in [0.25, 0.3) is 5.91 Å². The number of aliphatic carboxylic acids is 1. The SMILES string of the molecule is Cc1cc(OCc2c(F)cccc2F)c2nc(C)c(C(=O)NC(C#N)CN(Cc3ccccc3)C(=O)O)n2c1.O=C(O)C(F)(F)F. The third-order valence-corrected chi connectivity index (χ3v) is 6.24. The maximum Gasteiger partial charge on any atom is 0.490 e. The Kier molecular flexibility index (Phi) is 11.2. The molecule has 0 radical (unpaired) electrons. The zero-order valence-electron chi connectivity index (χ0n) is 24.2. The molecule has 0 saturated carbocycles. The molecule has 4 rings (SSSR count). The molecule has 0 fully saturated rings. The minimum absolute atomic E-state index is 0.0430. The normalized spacial score (nSPS) is 11.5. The number of carbonyl (C=O) groups is 3. The number of hydrogen-bond donors (Lipinski definition) is 3. The van der Waals surface area contributed by atoms with Gasteiger partial charge in [-0.3, -0.25) is 9.20 Å². The van der Waals surface area contributed by atoms with Crippen molar-refractivity contribution in [2.45, 2.75) is 39.2 Å². The second-order valence-electron chi connectivity index (χ2n) is 9.72.